The first kappa shape index (κ1) is 13.0. The molecule has 1 aromatic rings. The summed E-state index contributed by atoms with van der Waals surface area (Å²) in [5, 5.41) is 10.6. The second-order valence-electron chi connectivity index (χ2n) is 3.22. The van der Waals surface area contributed by atoms with Gasteiger partial charge in [0.25, 0.3) is 0 Å². The van der Waals surface area contributed by atoms with E-state index in [-0.39, 0.29) is 6.41 Å². The summed E-state index contributed by atoms with van der Waals surface area (Å²) in [6, 6.07) is -0.430. The largest absolute Gasteiger partial charge is 0.481 e. The number of nitrogens with one attached hydrogen (secondary N) is 1. The van der Waals surface area contributed by atoms with Gasteiger partial charge >= 0.3 is 5.97 Å². The molecule has 0 fully saturated rings. The summed E-state index contributed by atoms with van der Waals surface area (Å²) < 4.78 is 38.8. The molecule has 0 unspecified atom stereocenters. The number of halogens is 3. The van der Waals surface area contributed by atoms with Crippen LogP contribution in [0.1, 0.15) is 18.0 Å². The van der Waals surface area contributed by atoms with E-state index in [0.717, 1.165) is 0 Å². The second-order valence-corrected chi connectivity index (χ2v) is 3.22. The monoisotopic (exact) mass is 247 g/mol. The molecule has 0 aliphatic rings. The van der Waals surface area contributed by atoms with E-state index in [1.165, 1.54) is 0 Å². The predicted molar refractivity (Wildman–Crippen MR) is 50.5 cm³/mol. The Hall–Kier alpha value is -2.05. The van der Waals surface area contributed by atoms with E-state index < -0.39 is 41.4 Å². The first-order valence-corrected chi connectivity index (χ1v) is 4.51. The molecule has 1 amide bonds. The molecule has 0 spiro atoms. The molecular formula is C10H8F3NO3. The van der Waals surface area contributed by atoms with E-state index in [2.05, 4.69) is 0 Å². The van der Waals surface area contributed by atoms with Gasteiger partial charge in [0.15, 0.2) is 11.6 Å². The predicted octanol–water partition coefficient (Wildman–Crippen LogP) is 1.37. The van der Waals surface area contributed by atoms with Gasteiger partial charge in [-0.2, -0.15) is 0 Å². The Morgan fingerprint density at radius 2 is 1.88 bits per heavy atom. The normalized spacial score (nSPS) is 11.9. The van der Waals surface area contributed by atoms with Crippen LogP contribution in [0.5, 0.6) is 0 Å². The third-order valence-electron chi connectivity index (χ3n) is 2.06. The van der Waals surface area contributed by atoms with Crippen LogP contribution in [0.25, 0.3) is 0 Å². The van der Waals surface area contributed by atoms with E-state index in [1.54, 1.807) is 0 Å². The number of carbonyl (C=O) groups excluding carboxylic acids is 1. The fourth-order valence-electron chi connectivity index (χ4n) is 1.32. The fraction of sp³-hybridized carbons (Fsp3) is 0.200. The van der Waals surface area contributed by atoms with Crippen molar-refractivity contribution in [1.82, 2.24) is 5.32 Å². The van der Waals surface area contributed by atoms with Gasteiger partial charge < -0.3 is 10.4 Å². The Morgan fingerprint density at radius 1 is 1.29 bits per heavy atom. The summed E-state index contributed by atoms with van der Waals surface area (Å²) in [7, 11) is 0. The summed E-state index contributed by atoms with van der Waals surface area (Å²) >= 11 is 0. The van der Waals surface area contributed by atoms with Crippen molar-refractivity contribution in [3.8, 4) is 0 Å². The molecule has 92 valence electrons. The molecule has 0 saturated carbocycles. The SMILES string of the molecule is O=CN[C@@H](CC(=O)O)c1cc(F)c(F)cc1F. The molecule has 0 heterocycles. The highest BCUT2D eigenvalue weighted by Crippen LogP contribution is 2.22. The number of carboxylic acid groups (broad SMARTS) is 1. The Balaban J connectivity index is 3.12. The molecular weight excluding hydrogens is 239 g/mol. The molecule has 4 nitrogen and oxygen atoms in total. The van der Waals surface area contributed by atoms with Gasteiger partial charge in [0, 0.05) is 11.6 Å². The smallest absolute Gasteiger partial charge is 0.305 e. The lowest BCUT2D eigenvalue weighted by molar-refractivity contribution is -0.137. The van der Waals surface area contributed by atoms with Gasteiger partial charge in [0.05, 0.1) is 12.5 Å². The number of hydrogen-bond acceptors (Lipinski definition) is 2. The van der Waals surface area contributed by atoms with Crippen LogP contribution in [0.15, 0.2) is 12.1 Å². The zero-order chi connectivity index (χ0) is 13.0. The van der Waals surface area contributed by atoms with Crippen molar-refractivity contribution < 1.29 is 27.9 Å². The van der Waals surface area contributed by atoms with Crippen LogP contribution >= 0.6 is 0 Å². The third-order valence-corrected chi connectivity index (χ3v) is 2.06. The molecule has 0 aliphatic carbocycles. The number of aliphatic carboxylic acids is 1. The van der Waals surface area contributed by atoms with Crippen molar-refractivity contribution in [1.29, 1.82) is 0 Å². The molecule has 0 radical (unpaired) electrons. The molecule has 0 aromatic heterocycles. The van der Waals surface area contributed by atoms with Crippen LogP contribution in [0.3, 0.4) is 0 Å². The first-order valence-electron chi connectivity index (χ1n) is 4.51. The number of carboxylic acids is 1. The number of hydrogen-bond donors (Lipinski definition) is 2. The van der Waals surface area contributed by atoms with Crippen molar-refractivity contribution in [2.24, 2.45) is 0 Å². The summed E-state index contributed by atoms with van der Waals surface area (Å²) in [4.78, 5) is 20.7. The lowest BCUT2D eigenvalue weighted by Gasteiger charge is -2.15. The van der Waals surface area contributed by atoms with E-state index in [1.807, 2.05) is 5.32 Å². The maximum absolute atomic E-state index is 13.3. The average molecular weight is 247 g/mol. The minimum Gasteiger partial charge on any atom is -0.481 e. The molecule has 1 rings (SSSR count). The number of benzene rings is 1. The van der Waals surface area contributed by atoms with Crippen LogP contribution in [-0.2, 0) is 9.59 Å². The van der Waals surface area contributed by atoms with Gasteiger partial charge in [-0.05, 0) is 6.07 Å². The highest BCUT2D eigenvalue weighted by Gasteiger charge is 2.20. The van der Waals surface area contributed by atoms with Crippen LogP contribution in [0.4, 0.5) is 13.2 Å². The molecule has 17 heavy (non-hydrogen) atoms. The van der Waals surface area contributed by atoms with Gasteiger partial charge in [0.1, 0.15) is 5.82 Å². The minimum atomic E-state index is -1.38. The summed E-state index contributed by atoms with van der Waals surface area (Å²) in [6.45, 7) is 0. The minimum absolute atomic E-state index is 0.161. The molecule has 0 saturated heterocycles. The van der Waals surface area contributed by atoms with Crippen molar-refractivity contribution in [2.75, 3.05) is 0 Å². The fourth-order valence-corrected chi connectivity index (χ4v) is 1.32. The summed E-state index contributed by atoms with van der Waals surface area (Å²) in [5.74, 6) is -5.13. The van der Waals surface area contributed by atoms with Gasteiger partial charge in [-0.3, -0.25) is 9.59 Å². The van der Waals surface area contributed by atoms with Crippen molar-refractivity contribution in [3.05, 3.63) is 35.1 Å². The highest BCUT2D eigenvalue weighted by atomic mass is 19.2. The topological polar surface area (TPSA) is 66.4 Å². The van der Waals surface area contributed by atoms with E-state index >= 15 is 0 Å². The zero-order valence-corrected chi connectivity index (χ0v) is 8.41. The number of amides is 1. The van der Waals surface area contributed by atoms with Crippen LogP contribution in [0, 0.1) is 17.5 Å². The van der Waals surface area contributed by atoms with Crippen LogP contribution < -0.4 is 5.32 Å². The van der Waals surface area contributed by atoms with Crippen molar-refractivity contribution in [2.45, 2.75) is 12.5 Å². The number of rotatable bonds is 5. The van der Waals surface area contributed by atoms with E-state index in [9.17, 15) is 22.8 Å². The lowest BCUT2D eigenvalue weighted by atomic mass is 10.0. The lowest BCUT2D eigenvalue weighted by Crippen LogP contribution is -2.23. The highest BCUT2D eigenvalue weighted by molar-refractivity contribution is 5.68. The number of carbonyl (C=O) groups is 2. The van der Waals surface area contributed by atoms with Gasteiger partial charge in [-0.1, -0.05) is 0 Å². The van der Waals surface area contributed by atoms with Gasteiger partial charge in [-0.25, -0.2) is 13.2 Å². The molecule has 2 N–H and O–H groups in total. The second kappa shape index (κ2) is 5.33. The quantitative estimate of drug-likeness (QED) is 0.610. The van der Waals surface area contributed by atoms with Gasteiger partial charge in [0.2, 0.25) is 6.41 Å². The zero-order valence-electron chi connectivity index (χ0n) is 8.41. The Morgan fingerprint density at radius 3 is 2.41 bits per heavy atom. The Kier molecular flexibility index (Phi) is 4.08. The third kappa shape index (κ3) is 3.20. The van der Waals surface area contributed by atoms with Crippen LogP contribution in [-0.4, -0.2) is 17.5 Å². The molecule has 0 bridgehead atoms. The Bertz CT molecular complexity index is 451. The molecule has 7 heteroatoms. The van der Waals surface area contributed by atoms with E-state index in [4.69, 9.17) is 5.11 Å². The van der Waals surface area contributed by atoms with Crippen molar-refractivity contribution in [3.63, 3.8) is 0 Å². The maximum Gasteiger partial charge on any atom is 0.305 e. The van der Waals surface area contributed by atoms with Gasteiger partial charge in [-0.15, -0.1) is 0 Å². The maximum atomic E-state index is 13.3. The summed E-state index contributed by atoms with van der Waals surface area (Å²) in [5.41, 5.74) is -0.418. The standard InChI is InChI=1S/C10H8F3NO3/c11-6-2-8(13)7(12)1-5(6)9(14-4-15)3-10(16)17/h1-2,4,9H,3H2,(H,14,15)(H,16,17)/t9-/m0/s1. The molecule has 1 aromatic carbocycles. The average Bonchev–Trinajstić information content (AvgIpc) is 2.22. The molecule has 0 aliphatic heterocycles. The van der Waals surface area contributed by atoms with Crippen LogP contribution in [0.2, 0.25) is 0 Å². The first-order chi connectivity index (χ1) is 7.95. The summed E-state index contributed by atoms with van der Waals surface area (Å²) in [6.07, 6.45) is -0.477. The Labute approximate surface area is 94.1 Å². The van der Waals surface area contributed by atoms with E-state index in [0.29, 0.717) is 12.1 Å². The van der Waals surface area contributed by atoms with Crippen molar-refractivity contribution >= 4 is 12.4 Å². The molecule has 1 atom stereocenters.